The second kappa shape index (κ2) is 9.40. The molecule has 0 fully saturated rings. The van der Waals surface area contributed by atoms with Crippen molar-refractivity contribution in [2.45, 2.75) is 19.8 Å². The van der Waals surface area contributed by atoms with Crippen molar-refractivity contribution in [3.8, 4) is 11.8 Å². The van der Waals surface area contributed by atoms with Gasteiger partial charge in [0.15, 0.2) is 0 Å². The molecule has 0 unspecified atom stereocenters. The average molecular weight is 304 g/mol. The molecule has 1 aromatic carbocycles. The Morgan fingerprint density at radius 3 is 2.64 bits per heavy atom. The van der Waals surface area contributed by atoms with Crippen molar-refractivity contribution < 1.29 is 19.1 Å². The van der Waals surface area contributed by atoms with Gasteiger partial charge in [0.1, 0.15) is 5.75 Å². The second-order valence-corrected chi connectivity index (χ2v) is 4.46. The molecule has 0 radical (unpaired) electrons. The number of para-hydroxylation sites is 1. The van der Waals surface area contributed by atoms with Crippen LogP contribution in [0.25, 0.3) is 0 Å². The first-order chi connectivity index (χ1) is 10.6. The topological polar surface area (TPSA) is 79.6 Å². The summed E-state index contributed by atoms with van der Waals surface area (Å²) in [6.07, 6.45) is 0.296. The van der Waals surface area contributed by atoms with Crippen LogP contribution in [0.1, 0.15) is 30.1 Å². The number of nitrogens with zero attached hydrogens (tertiary/aromatic N) is 2. The molecule has 1 aromatic rings. The number of carbonyl (C=O) groups excluding carboxylic acids is 2. The third kappa shape index (κ3) is 5.09. The third-order valence-corrected chi connectivity index (χ3v) is 3.01. The third-order valence-electron chi connectivity index (χ3n) is 3.01. The molecule has 0 saturated carbocycles. The monoisotopic (exact) mass is 304 g/mol. The number of hydrogen-bond acceptors (Lipinski definition) is 5. The minimum atomic E-state index is -0.364. The Hall–Kier alpha value is -2.55. The van der Waals surface area contributed by atoms with Gasteiger partial charge in [-0.25, -0.2) is 0 Å². The van der Waals surface area contributed by atoms with Gasteiger partial charge in [-0.3, -0.25) is 9.59 Å². The Bertz CT molecular complexity index is 551. The van der Waals surface area contributed by atoms with Crippen molar-refractivity contribution in [1.29, 1.82) is 5.26 Å². The number of esters is 1. The molecule has 0 bridgehead atoms. The van der Waals surface area contributed by atoms with Crippen molar-refractivity contribution in [2.75, 3.05) is 26.8 Å². The molecule has 0 aliphatic rings. The largest absolute Gasteiger partial charge is 0.496 e. The SMILES string of the molecule is CCOC(=O)CCN(CCC#N)C(=O)c1ccccc1OC. The van der Waals surface area contributed by atoms with E-state index in [2.05, 4.69) is 0 Å². The van der Waals surface area contributed by atoms with Crippen LogP contribution >= 0.6 is 0 Å². The van der Waals surface area contributed by atoms with Gasteiger partial charge in [0.2, 0.25) is 0 Å². The van der Waals surface area contributed by atoms with Crippen LogP contribution in [0.4, 0.5) is 0 Å². The van der Waals surface area contributed by atoms with E-state index >= 15 is 0 Å². The molecule has 1 rings (SSSR count). The molecule has 0 saturated heterocycles. The van der Waals surface area contributed by atoms with Gasteiger partial charge in [0.05, 0.1) is 38.2 Å². The number of methoxy groups -OCH3 is 1. The molecule has 0 aliphatic heterocycles. The zero-order valence-electron chi connectivity index (χ0n) is 12.9. The molecule has 0 aliphatic carbocycles. The quantitative estimate of drug-likeness (QED) is 0.686. The fourth-order valence-electron chi connectivity index (χ4n) is 1.95. The predicted octanol–water partition coefficient (Wildman–Crippen LogP) is 2.00. The maximum atomic E-state index is 12.6. The van der Waals surface area contributed by atoms with Crippen LogP contribution in [0, 0.1) is 11.3 Å². The fraction of sp³-hybridized carbons (Fsp3) is 0.438. The second-order valence-electron chi connectivity index (χ2n) is 4.46. The maximum absolute atomic E-state index is 12.6. The molecule has 1 amide bonds. The first-order valence-electron chi connectivity index (χ1n) is 7.08. The van der Waals surface area contributed by atoms with E-state index < -0.39 is 0 Å². The number of benzene rings is 1. The van der Waals surface area contributed by atoms with Gasteiger partial charge in [-0.05, 0) is 19.1 Å². The summed E-state index contributed by atoms with van der Waals surface area (Å²) < 4.78 is 10.0. The number of nitriles is 1. The van der Waals surface area contributed by atoms with E-state index in [0.29, 0.717) is 17.9 Å². The Morgan fingerprint density at radius 1 is 1.27 bits per heavy atom. The lowest BCUT2D eigenvalue weighted by Crippen LogP contribution is -2.34. The number of ether oxygens (including phenoxy) is 2. The highest BCUT2D eigenvalue weighted by atomic mass is 16.5. The van der Waals surface area contributed by atoms with E-state index in [9.17, 15) is 9.59 Å². The summed E-state index contributed by atoms with van der Waals surface area (Å²) in [4.78, 5) is 25.5. The fourth-order valence-corrected chi connectivity index (χ4v) is 1.95. The van der Waals surface area contributed by atoms with Gasteiger partial charge < -0.3 is 14.4 Å². The minimum Gasteiger partial charge on any atom is -0.496 e. The van der Waals surface area contributed by atoms with E-state index in [1.54, 1.807) is 31.2 Å². The summed E-state index contributed by atoms with van der Waals surface area (Å²) in [5, 5.41) is 8.73. The summed E-state index contributed by atoms with van der Waals surface area (Å²) in [6.45, 7) is 2.49. The van der Waals surface area contributed by atoms with Gasteiger partial charge >= 0.3 is 5.97 Å². The molecule has 118 valence electrons. The van der Waals surface area contributed by atoms with Gasteiger partial charge in [-0.1, -0.05) is 12.1 Å². The van der Waals surface area contributed by atoms with Gasteiger partial charge in [-0.15, -0.1) is 0 Å². The summed E-state index contributed by atoms with van der Waals surface area (Å²) >= 11 is 0. The molecule has 6 heteroatoms. The summed E-state index contributed by atoms with van der Waals surface area (Å²) in [6, 6.07) is 8.87. The predicted molar refractivity (Wildman–Crippen MR) is 80.4 cm³/mol. The van der Waals surface area contributed by atoms with Gasteiger partial charge in [0.25, 0.3) is 5.91 Å². The van der Waals surface area contributed by atoms with Crippen LogP contribution in [0.3, 0.4) is 0 Å². The minimum absolute atomic E-state index is 0.0974. The molecule has 0 N–H and O–H groups in total. The van der Waals surface area contributed by atoms with Crippen LogP contribution < -0.4 is 4.74 Å². The van der Waals surface area contributed by atoms with Crippen molar-refractivity contribution in [1.82, 2.24) is 4.90 Å². The lowest BCUT2D eigenvalue weighted by Gasteiger charge is -2.22. The molecule has 0 spiro atoms. The van der Waals surface area contributed by atoms with E-state index in [1.807, 2.05) is 6.07 Å². The zero-order valence-corrected chi connectivity index (χ0v) is 12.9. The van der Waals surface area contributed by atoms with Gasteiger partial charge in [-0.2, -0.15) is 5.26 Å². The molecular formula is C16H20N2O4. The summed E-state index contributed by atoms with van der Waals surface area (Å²) in [5.41, 5.74) is 0.409. The smallest absolute Gasteiger partial charge is 0.307 e. The van der Waals surface area contributed by atoms with E-state index in [-0.39, 0.29) is 37.8 Å². The Labute approximate surface area is 130 Å². The number of carbonyl (C=O) groups is 2. The normalized spacial score (nSPS) is 9.68. The van der Waals surface area contributed by atoms with Crippen LogP contribution in [0.15, 0.2) is 24.3 Å². The Kier molecular flexibility index (Phi) is 7.48. The van der Waals surface area contributed by atoms with Crippen molar-refractivity contribution >= 4 is 11.9 Å². The van der Waals surface area contributed by atoms with E-state index in [1.165, 1.54) is 12.0 Å². The lowest BCUT2D eigenvalue weighted by atomic mass is 10.1. The van der Waals surface area contributed by atoms with Crippen LogP contribution in [-0.2, 0) is 9.53 Å². The number of amides is 1. The summed E-state index contributed by atoms with van der Waals surface area (Å²) in [7, 11) is 1.49. The van der Waals surface area contributed by atoms with Crippen molar-refractivity contribution in [3.05, 3.63) is 29.8 Å². The van der Waals surface area contributed by atoms with Crippen molar-refractivity contribution in [2.24, 2.45) is 0 Å². The number of rotatable bonds is 8. The van der Waals surface area contributed by atoms with Crippen molar-refractivity contribution in [3.63, 3.8) is 0 Å². The first-order valence-corrected chi connectivity index (χ1v) is 7.08. The Morgan fingerprint density at radius 2 is 2.00 bits per heavy atom. The standard InChI is InChI=1S/C16H20N2O4/c1-3-22-15(19)9-12-18(11-6-10-17)16(20)13-7-4-5-8-14(13)21-2/h4-5,7-8H,3,6,9,11-12H2,1-2H3. The molecular weight excluding hydrogens is 284 g/mol. The molecule has 6 nitrogen and oxygen atoms in total. The van der Waals surface area contributed by atoms with E-state index in [4.69, 9.17) is 14.7 Å². The molecule has 22 heavy (non-hydrogen) atoms. The highest BCUT2D eigenvalue weighted by Gasteiger charge is 2.20. The molecule has 0 heterocycles. The Balaban J connectivity index is 2.84. The lowest BCUT2D eigenvalue weighted by molar-refractivity contribution is -0.143. The highest BCUT2D eigenvalue weighted by Crippen LogP contribution is 2.19. The van der Waals surface area contributed by atoms with Gasteiger partial charge in [0, 0.05) is 13.1 Å². The average Bonchev–Trinajstić information content (AvgIpc) is 2.54. The van der Waals surface area contributed by atoms with Crippen LogP contribution in [-0.4, -0.2) is 43.6 Å². The van der Waals surface area contributed by atoms with Crippen LogP contribution in [0.2, 0.25) is 0 Å². The number of hydrogen-bond donors (Lipinski definition) is 0. The molecule has 0 aromatic heterocycles. The van der Waals surface area contributed by atoms with E-state index in [0.717, 1.165) is 0 Å². The highest BCUT2D eigenvalue weighted by molar-refractivity contribution is 5.97. The first kappa shape index (κ1) is 17.5. The zero-order chi connectivity index (χ0) is 16.4. The van der Waals surface area contributed by atoms with Crippen LogP contribution in [0.5, 0.6) is 5.75 Å². The molecule has 0 atom stereocenters. The summed E-state index contributed by atoms with van der Waals surface area (Å²) in [5.74, 6) is -0.167. The maximum Gasteiger partial charge on any atom is 0.307 e.